The van der Waals surface area contributed by atoms with Crippen LogP contribution in [-0.4, -0.2) is 18.1 Å². The fraction of sp³-hybridized carbons (Fsp3) is 0.929. The molecule has 0 amide bonds. The molecule has 0 aromatic heterocycles. The standard InChI is InChI=1S/C14H29NO2/c1-14(2,3)17-13(16)11-9-7-5-4-6-8-10-12-15/h4-12,15H2,1-3H3. The molecular formula is C14H29NO2. The van der Waals surface area contributed by atoms with Crippen LogP contribution < -0.4 is 5.73 Å². The van der Waals surface area contributed by atoms with Gasteiger partial charge in [0, 0.05) is 6.42 Å². The van der Waals surface area contributed by atoms with Crippen LogP contribution in [0.3, 0.4) is 0 Å². The van der Waals surface area contributed by atoms with E-state index in [1.54, 1.807) is 0 Å². The third-order valence-corrected chi connectivity index (χ3v) is 2.51. The third kappa shape index (κ3) is 13.4. The quantitative estimate of drug-likeness (QED) is 0.499. The number of ether oxygens (including phenoxy) is 1. The molecule has 0 aliphatic carbocycles. The first-order chi connectivity index (χ1) is 7.95. The predicted octanol–water partition coefficient (Wildman–Crippen LogP) is 3.41. The van der Waals surface area contributed by atoms with E-state index in [2.05, 4.69) is 0 Å². The van der Waals surface area contributed by atoms with E-state index in [1.165, 1.54) is 25.7 Å². The molecule has 3 heteroatoms. The lowest BCUT2D eigenvalue weighted by Gasteiger charge is -2.19. The first-order valence-electron chi connectivity index (χ1n) is 6.87. The lowest BCUT2D eigenvalue weighted by molar-refractivity contribution is -0.154. The van der Waals surface area contributed by atoms with Crippen molar-refractivity contribution in [2.45, 2.75) is 77.7 Å². The molecule has 0 bridgehead atoms. The molecule has 0 aliphatic rings. The molecule has 0 unspecified atom stereocenters. The van der Waals surface area contributed by atoms with Gasteiger partial charge in [-0.3, -0.25) is 4.79 Å². The van der Waals surface area contributed by atoms with Crippen molar-refractivity contribution in [3.8, 4) is 0 Å². The highest BCUT2D eigenvalue weighted by Gasteiger charge is 2.15. The fourth-order valence-electron chi connectivity index (χ4n) is 1.69. The molecule has 0 fully saturated rings. The number of esters is 1. The highest BCUT2D eigenvalue weighted by atomic mass is 16.6. The summed E-state index contributed by atoms with van der Waals surface area (Å²) in [6.07, 6.45) is 8.75. The van der Waals surface area contributed by atoms with Crippen LogP contribution in [0, 0.1) is 0 Å². The van der Waals surface area contributed by atoms with Crippen LogP contribution in [-0.2, 0) is 9.53 Å². The lowest BCUT2D eigenvalue weighted by Crippen LogP contribution is -2.23. The normalized spacial score (nSPS) is 11.5. The Kier molecular flexibility index (Phi) is 9.14. The number of unbranched alkanes of at least 4 members (excludes halogenated alkanes) is 6. The summed E-state index contributed by atoms with van der Waals surface area (Å²) in [5.74, 6) is -0.0689. The molecule has 0 spiro atoms. The molecule has 17 heavy (non-hydrogen) atoms. The van der Waals surface area contributed by atoms with Crippen molar-refractivity contribution in [2.75, 3.05) is 6.54 Å². The van der Waals surface area contributed by atoms with Gasteiger partial charge in [-0.05, 0) is 40.2 Å². The highest BCUT2D eigenvalue weighted by Crippen LogP contribution is 2.12. The molecule has 0 radical (unpaired) electrons. The second kappa shape index (κ2) is 9.46. The minimum atomic E-state index is -0.348. The minimum absolute atomic E-state index is 0.0689. The summed E-state index contributed by atoms with van der Waals surface area (Å²) in [4.78, 5) is 11.4. The number of hydrogen-bond donors (Lipinski definition) is 1. The maximum absolute atomic E-state index is 11.4. The van der Waals surface area contributed by atoms with Gasteiger partial charge < -0.3 is 10.5 Å². The molecular weight excluding hydrogens is 214 g/mol. The maximum Gasteiger partial charge on any atom is 0.306 e. The summed E-state index contributed by atoms with van der Waals surface area (Å²) in [7, 11) is 0. The molecule has 2 N–H and O–H groups in total. The smallest absolute Gasteiger partial charge is 0.306 e. The van der Waals surface area contributed by atoms with Gasteiger partial charge in [-0.2, -0.15) is 0 Å². The van der Waals surface area contributed by atoms with Gasteiger partial charge in [0.1, 0.15) is 5.60 Å². The Morgan fingerprint density at radius 3 is 1.88 bits per heavy atom. The summed E-state index contributed by atoms with van der Waals surface area (Å²) in [6.45, 7) is 6.52. The molecule has 102 valence electrons. The Hall–Kier alpha value is -0.570. The topological polar surface area (TPSA) is 52.3 Å². The second-order valence-corrected chi connectivity index (χ2v) is 5.60. The zero-order valence-electron chi connectivity index (χ0n) is 11.8. The summed E-state index contributed by atoms with van der Waals surface area (Å²) in [5, 5.41) is 0. The number of carbonyl (C=O) groups is 1. The van der Waals surface area contributed by atoms with Crippen LogP contribution in [0.4, 0.5) is 0 Å². The minimum Gasteiger partial charge on any atom is -0.460 e. The lowest BCUT2D eigenvalue weighted by atomic mass is 10.1. The number of rotatable bonds is 9. The van der Waals surface area contributed by atoms with Gasteiger partial charge in [0.2, 0.25) is 0 Å². The van der Waals surface area contributed by atoms with Crippen LogP contribution >= 0.6 is 0 Å². The molecule has 0 saturated heterocycles. The summed E-state index contributed by atoms with van der Waals surface area (Å²) < 4.78 is 5.24. The number of carbonyl (C=O) groups excluding carboxylic acids is 1. The van der Waals surface area contributed by atoms with E-state index < -0.39 is 0 Å². The van der Waals surface area contributed by atoms with Crippen molar-refractivity contribution in [1.29, 1.82) is 0 Å². The van der Waals surface area contributed by atoms with E-state index in [0.717, 1.165) is 25.8 Å². The first kappa shape index (κ1) is 16.4. The fourth-order valence-corrected chi connectivity index (χ4v) is 1.69. The Bertz CT molecular complexity index is 197. The van der Waals surface area contributed by atoms with Crippen molar-refractivity contribution >= 4 is 5.97 Å². The average molecular weight is 243 g/mol. The number of nitrogens with two attached hydrogens (primary N) is 1. The largest absolute Gasteiger partial charge is 0.460 e. The average Bonchev–Trinajstić information content (AvgIpc) is 2.19. The monoisotopic (exact) mass is 243 g/mol. The Morgan fingerprint density at radius 1 is 0.941 bits per heavy atom. The summed E-state index contributed by atoms with van der Waals surface area (Å²) in [6, 6.07) is 0. The SMILES string of the molecule is CC(C)(C)OC(=O)CCCCCCCCCN. The molecule has 0 aromatic rings. The maximum atomic E-state index is 11.4. The van der Waals surface area contributed by atoms with Crippen LogP contribution in [0.1, 0.15) is 72.1 Å². The zero-order valence-corrected chi connectivity index (χ0v) is 11.8. The Labute approximate surface area is 106 Å². The molecule has 0 saturated carbocycles. The first-order valence-corrected chi connectivity index (χ1v) is 6.87. The summed E-state index contributed by atoms with van der Waals surface area (Å²) >= 11 is 0. The zero-order chi connectivity index (χ0) is 13.1. The van der Waals surface area contributed by atoms with Crippen LogP contribution in [0.25, 0.3) is 0 Å². The molecule has 0 aromatic carbocycles. The predicted molar refractivity (Wildman–Crippen MR) is 71.8 cm³/mol. The third-order valence-electron chi connectivity index (χ3n) is 2.51. The van der Waals surface area contributed by atoms with E-state index in [-0.39, 0.29) is 11.6 Å². The molecule has 0 rings (SSSR count). The Balaban J connectivity index is 3.25. The van der Waals surface area contributed by atoms with E-state index in [4.69, 9.17) is 10.5 Å². The van der Waals surface area contributed by atoms with Gasteiger partial charge in [-0.1, -0.05) is 32.1 Å². The van der Waals surface area contributed by atoms with E-state index in [0.29, 0.717) is 6.42 Å². The van der Waals surface area contributed by atoms with Crippen molar-refractivity contribution in [3.05, 3.63) is 0 Å². The van der Waals surface area contributed by atoms with Gasteiger partial charge >= 0.3 is 5.97 Å². The molecule has 0 aliphatic heterocycles. The molecule has 0 atom stereocenters. The Morgan fingerprint density at radius 2 is 1.41 bits per heavy atom. The molecule has 0 heterocycles. The van der Waals surface area contributed by atoms with E-state index >= 15 is 0 Å². The second-order valence-electron chi connectivity index (χ2n) is 5.60. The van der Waals surface area contributed by atoms with Crippen molar-refractivity contribution in [1.82, 2.24) is 0 Å². The van der Waals surface area contributed by atoms with Crippen molar-refractivity contribution in [2.24, 2.45) is 5.73 Å². The van der Waals surface area contributed by atoms with E-state index in [1.807, 2.05) is 20.8 Å². The van der Waals surface area contributed by atoms with Gasteiger partial charge in [-0.25, -0.2) is 0 Å². The van der Waals surface area contributed by atoms with Gasteiger partial charge in [0.15, 0.2) is 0 Å². The van der Waals surface area contributed by atoms with E-state index in [9.17, 15) is 4.79 Å². The highest BCUT2D eigenvalue weighted by molar-refractivity contribution is 5.69. The van der Waals surface area contributed by atoms with Crippen LogP contribution in [0.15, 0.2) is 0 Å². The van der Waals surface area contributed by atoms with Gasteiger partial charge in [-0.15, -0.1) is 0 Å². The summed E-state index contributed by atoms with van der Waals surface area (Å²) in [5.41, 5.74) is 5.08. The van der Waals surface area contributed by atoms with Gasteiger partial charge in [0.25, 0.3) is 0 Å². The van der Waals surface area contributed by atoms with Crippen LogP contribution in [0.5, 0.6) is 0 Å². The van der Waals surface area contributed by atoms with Crippen molar-refractivity contribution < 1.29 is 9.53 Å². The van der Waals surface area contributed by atoms with Gasteiger partial charge in [0.05, 0.1) is 0 Å². The van der Waals surface area contributed by atoms with Crippen LogP contribution in [0.2, 0.25) is 0 Å². The number of hydrogen-bond acceptors (Lipinski definition) is 3. The molecule has 3 nitrogen and oxygen atoms in total. The van der Waals surface area contributed by atoms with Crippen molar-refractivity contribution in [3.63, 3.8) is 0 Å².